The molecule has 0 heterocycles. The van der Waals surface area contributed by atoms with Crippen LogP contribution in [0.4, 0.5) is 10.1 Å². The van der Waals surface area contributed by atoms with Crippen LogP contribution in [0.5, 0.6) is 11.5 Å². The molecule has 2 rings (SSSR count). The smallest absolute Gasteiger partial charge is 0.275 e. The Morgan fingerprint density at radius 2 is 2.10 bits per heavy atom. The van der Waals surface area contributed by atoms with Crippen molar-refractivity contribution < 1.29 is 14.1 Å². The Morgan fingerprint density at radius 3 is 2.71 bits per heavy atom. The van der Waals surface area contributed by atoms with E-state index >= 15 is 0 Å². The summed E-state index contributed by atoms with van der Waals surface area (Å²) in [7, 11) is 0. The molecule has 7 heteroatoms. The summed E-state index contributed by atoms with van der Waals surface area (Å²) < 4.78 is 19.4. The Balaban J connectivity index is 2.43. The Labute approximate surface area is 125 Å². The molecule has 0 aliphatic carbocycles. The second-order valence-corrected chi connectivity index (χ2v) is 4.76. The second-order valence-electron chi connectivity index (χ2n) is 4.35. The van der Waals surface area contributed by atoms with E-state index in [1.165, 1.54) is 13.0 Å². The summed E-state index contributed by atoms with van der Waals surface area (Å²) in [5, 5.41) is 11.2. The number of nitro benzene ring substituents is 1. The maximum absolute atomic E-state index is 13.9. The number of aryl methyl sites for hydroxylation is 1. The van der Waals surface area contributed by atoms with Crippen LogP contribution < -0.4 is 10.5 Å². The molecule has 0 saturated carbocycles. The van der Waals surface area contributed by atoms with Crippen molar-refractivity contribution in [2.45, 2.75) is 13.5 Å². The monoisotopic (exact) mass is 310 g/mol. The largest absolute Gasteiger partial charge is 0.454 e. The van der Waals surface area contributed by atoms with Crippen molar-refractivity contribution in [3.8, 4) is 11.5 Å². The third-order valence-electron chi connectivity index (χ3n) is 2.95. The van der Waals surface area contributed by atoms with Crippen LogP contribution in [0, 0.1) is 22.9 Å². The molecule has 0 saturated heterocycles. The maximum Gasteiger partial charge on any atom is 0.275 e. The average molecular weight is 311 g/mol. The van der Waals surface area contributed by atoms with Gasteiger partial charge in [-0.3, -0.25) is 10.1 Å². The van der Waals surface area contributed by atoms with Gasteiger partial charge in [0.1, 0.15) is 5.75 Å². The molecule has 0 atom stereocenters. The van der Waals surface area contributed by atoms with Crippen LogP contribution in [0.1, 0.15) is 11.1 Å². The minimum atomic E-state index is -0.824. The molecule has 0 amide bonds. The van der Waals surface area contributed by atoms with Gasteiger partial charge in [0, 0.05) is 22.7 Å². The average Bonchev–Trinajstić information content (AvgIpc) is 2.42. The fourth-order valence-electron chi connectivity index (χ4n) is 1.87. The fourth-order valence-corrected chi connectivity index (χ4v) is 2.11. The summed E-state index contributed by atoms with van der Waals surface area (Å²) in [5.74, 6) is -0.623. The highest BCUT2D eigenvalue weighted by Gasteiger charge is 2.18. The molecule has 0 unspecified atom stereocenters. The first-order chi connectivity index (χ1) is 9.93. The molecule has 110 valence electrons. The summed E-state index contributed by atoms with van der Waals surface area (Å²) in [6, 6.07) is 7.00. The summed E-state index contributed by atoms with van der Waals surface area (Å²) in [6.07, 6.45) is 0. The van der Waals surface area contributed by atoms with Gasteiger partial charge in [0.25, 0.3) is 5.69 Å². The number of hydrogen-bond acceptors (Lipinski definition) is 4. The zero-order chi connectivity index (χ0) is 15.6. The third-order valence-corrected chi connectivity index (χ3v) is 3.30. The molecule has 21 heavy (non-hydrogen) atoms. The molecular formula is C14H12ClFN2O3. The van der Waals surface area contributed by atoms with Gasteiger partial charge < -0.3 is 10.5 Å². The Bertz CT molecular complexity index is 707. The van der Waals surface area contributed by atoms with Crippen LogP contribution in [0.3, 0.4) is 0 Å². The lowest BCUT2D eigenvalue weighted by Crippen LogP contribution is -2.01. The number of rotatable bonds is 4. The number of nitrogens with two attached hydrogens (primary N) is 1. The molecule has 2 aromatic rings. The van der Waals surface area contributed by atoms with Crippen LogP contribution in [0.25, 0.3) is 0 Å². The number of hydrogen-bond donors (Lipinski definition) is 1. The molecular weight excluding hydrogens is 299 g/mol. The van der Waals surface area contributed by atoms with Crippen molar-refractivity contribution in [1.82, 2.24) is 0 Å². The van der Waals surface area contributed by atoms with Gasteiger partial charge in [-0.05, 0) is 25.1 Å². The van der Waals surface area contributed by atoms with E-state index in [1.54, 1.807) is 18.2 Å². The minimum Gasteiger partial charge on any atom is -0.454 e. The predicted molar refractivity (Wildman–Crippen MR) is 77.2 cm³/mol. The molecule has 2 aromatic carbocycles. The normalized spacial score (nSPS) is 10.5. The van der Waals surface area contributed by atoms with E-state index in [-0.39, 0.29) is 18.0 Å². The van der Waals surface area contributed by atoms with E-state index in [9.17, 15) is 14.5 Å². The van der Waals surface area contributed by atoms with Crippen LogP contribution in [0.15, 0.2) is 30.3 Å². The van der Waals surface area contributed by atoms with Crippen LogP contribution in [-0.2, 0) is 6.54 Å². The van der Waals surface area contributed by atoms with Gasteiger partial charge >= 0.3 is 0 Å². The number of benzene rings is 2. The fraction of sp³-hybridized carbons (Fsp3) is 0.143. The molecule has 5 nitrogen and oxygen atoms in total. The summed E-state index contributed by atoms with van der Waals surface area (Å²) >= 11 is 5.99. The van der Waals surface area contributed by atoms with Gasteiger partial charge in [0.15, 0.2) is 11.6 Å². The lowest BCUT2D eigenvalue weighted by atomic mass is 10.1. The zero-order valence-corrected chi connectivity index (χ0v) is 11.9. The first-order valence-electron chi connectivity index (χ1n) is 6.04. The maximum atomic E-state index is 13.9. The molecule has 0 bridgehead atoms. The van der Waals surface area contributed by atoms with Gasteiger partial charge in [0.05, 0.1) is 11.0 Å². The SMILES string of the molecule is Cc1cc(Oc2cccc(Cl)c2CN)c(F)cc1[N+](=O)[O-]. The molecule has 0 aliphatic rings. The predicted octanol–water partition coefficient (Wildman–Crippen LogP) is 3.95. The van der Waals surface area contributed by atoms with Gasteiger partial charge in [-0.25, -0.2) is 4.39 Å². The number of nitrogens with zero attached hydrogens (tertiary/aromatic N) is 1. The number of nitro groups is 1. The Hall–Kier alpha value is -2.18. The molecule has 0 spiro atoms. The summed E-state index contributed by atoms with van der Waals surface area (Å²) in [6.45, 7) is 1.63. The van der Waals surface area contributed by atoms with E-state index < -0.39 is 10.7 Å². The van der Waals surface area contributed by atoms with Crippen molar-refractivity contribution in [3.05, 3.63) is 62.4 Å². The Morgan fingerprint density at radius 1 is 1.38 bits per heavy atom. The number of halogens is 2. The molecule has 2 N–H and O–H groups in total. The van der Waals surface area contributed by atoms with E-state index in [1.807, 2.05) is 0 Å². The molecule has 0 aromatic heterocycles. The minimum absolute atomic E-state index is 0.116. The van der Waals surface area contributed by atoms with E-state index in [0.29, 0.717) is 21.9 Å². The second kappa shape index (κ2) is 6.07. The van der Waals surface area contributed by atoms with Crippen LogP contribution in [-0.4, -0.2) is 4.92 Å². The quantitative estimate of drug-likeness (QED) is 0.685. The molecule has 0 fully saturated rings. The Kier molecular flexibility index (Phi) is 4.40. The lowest BCUT2D eigenvalue weighted by molar-refractivity contribution is -0.385. The lowest BCUT2D eigenvalue weighted by Gasteiger charge is -2.12. The first-order valence-corrected chi connectivity index (χ1v) is 6.41. The highest BCUT2D eigenvalue weighted by atomic mass is 35.5. The van der Waals surface area contributed by atoms with Gasteiger partial charge in [-0.15, -0.1) is 0 Å². The number of ether oxygens (including phenoxy) is 1. The van der Waals surface area contributed by atoms with Crippen molar-refractivity contribution in [2.75, 3.05) is 0 Å². The van der Waals surface area contributed by atoms with Crippen LogP contribution >= 0.6 is 11.6 Å². The van der Waals surface area contributed by atoms with Crippen molar-refractivity contribution >= 4 is 17.3 Å². The summed E-state index contributed by atoms with van der Waals surface area (Å²) in [4.78, 5) is 10.1. The van der Waals surface area contributed by atoms with Gasteiger partial charge in [-0.2, -0.15) is 0 Å². The van der Waals surface area contributed by atoms with Gasteiger partial charge in [-0.1, -0.05) is 17.7 Å². The van der Waals surface area contributed by atoms with Gasteiger partial charge in [0.2, 0.25) is 0 Å². The first kappa shape index (κ1) is 15.2. The standard InChI is InChI=1S/C14H12ClFN2O3/c1-8-5-14(11(16)6-12(8)18(19)20)21-13-4-2-3-10(15)9(13)7-17/h2-6H,7,17H2,1H3. The van der Waals surface area contributed by atoms with E-state index in [4.69, 9.17) is 22.1 Å². The zero-order valence-electron chi connectivity index (χ0n) is 11.1. The van der Waals surface area contributed by atoms with Crippen LogP contribution in [0.2, 0.25) is 5.02 Å². The topological polar surface area (TPSA) is 78.4 Å². The van der Waals surface area contributed by atoms with Crippen molar-refractivity contribution in [1.29, 1.82) is 0 Å². The van der Waals surface area contributed by atoms with E-state index in [0.717, 1.165) is 6.07 Å². The van der Waals surface area contributed by atoms with E-state index in [2.05, 4.69) is 0 Å². The highest BCUT2D eigenvalue weighted by Crippen LogP contribution is 2.34. The molecule has 0 aliphatic heterocycles. The molecule has 0 radical (unpaired) electrons. The third kappa shape index (κ3) is 3.12. The van der Waals surface area contributed by atoms with Crippen molar-refractivity contribution in [2.24, 2.45) is 5.73 Å². The summed E-state index contributed by atoms with van der Waals surface area (Å²) in [5.41, 5.74) is 6.12. The van der Waals surface area contributed by atoms with Crippen molar-refractivity contribution in [3.63, 3.8) is 0 Å². The highest BCUT2D eigenvalue weighted by molar-refractivity contribution is 6.31.